The number of aromatic amines is 1. The maximum atomic E-state index is 5.61. The first-order valence-corrected chi connectivity index (χ1v) is 6.77. The number of H-pyrrole nitrogens is 1. The molecule has 0 saturated carbocycles. The molecule has 0 radical (unpaired) electrons. The Morgan fingerprint density at radius 1 is 1.33 bits per heavy atom. The third-order valence-corrected chi connectivity index (χ3v) is 4.42. The summed E-state index contributed by atoms with van der Waals surface area (Å²) in [5.41, 5.74) is 4.24. The van der Waals surface area contributed by atoms with Crippen LogP contribution in [0.25, 0.3) is 10.9 Å². The normalized spacial score (nSPS) is 28.1. The summed E-state index contributed by atoms with van der Waals surface area (Å²) in [5.74, 6) is 0. The number of para-hydroxylation sites is 1. The lowest BCUT2D eigenvalue weighted by molar-refractivity contribution is -0.0741. The first-order valence-electron chi connectivity index (χ1n) is 6.77. The molecule has 2 aromatic rings. The molecule has 0 spiro atoms. The fourth-order valence-electron chi connectivity index (χ4n) is 3.50. The summed E-state index contributed by atoms with van der Waals surface area (Å²) >= 11 is 0. The molecule has 2 aliphatic heterocycles. The third-order valence-electron chi connectivity index (χ3n) is 4.42. The molecule has 4 rings (SSSR count). The van der Waals surface area contributed by atoms with Crippen LogP contribution in [0.1, 0.15) is 30.6 Å². The van der Waals surface area contributed by atoms with Crippen molar-refractivity contribution in [2.24, 2.45) is 0 Å². The Morgan fingerprint density at radius 2 is 2.22 bits per heavy atom. The molecule has 18 heavy (non-hydrogen) atoms. The molecule has 3 nitrogen and oxygen atoms in total. The summed E-state index contributed by atoms with van der Waals surface area (Å²) in [6.45, 7) is 3.97. The van der Waals surface area contributed by atoms with Crippen LogP contribution in [0.15, 0.2) is 24.3 Å². The van der Waals surface area contributed by atoms with Crippen LogP contribution < -0.4 is 0 Å². The van der Waals surface area contributed by atoms with Crippen LogP contribution in [0.2, 0.25) is 0 Å². The first-order chi connectivity index (χ1) is 8.84. The van der Waals surface area contributed by atoms with Crippen LogP contribution in [0.4, 0.5) is 0 Å². The van der Waals surface area contributed by atoms with Gasteiger partial charge in [0.15, 0.2) is 0 Å². The van der Waals surface area contributed by atoms with Crippen molar-refractivity contribution in [1.82, 2.24) is 9.88 Å². The molecule has 0 aliphatic carbocycles. The predicted molar refractivity (Wildman–Crippen MR) is 71.5 cm³/mol. The Balaban J connectivity index is 1.91. The lowest BCUT2D eigenvalue weighted by atomic mass is 9.91. The molecule has 1 N–H and O–H groups in total. The van der Waals surface area contributed by atoms with Gasteiger partial charge in [0.2, 0.25) is 0 Å². The summed E-state index contributed by atoms with van der Waals surface area (Å²) in [6.07, 6.45) is 2.23. The molecular weight excluding hydrogens is 224 g/mol. The SMILES string of the molecule is CC1Cc2c([nH]c3ccccc23)C2CCOCN12. The van der Waals surface area contributed by atoms with Gasteiger partial charge in [-0.25, -0.2) is 0 Å². The molecular formula is C15H18N2O. The average molecular weight is 242 g/mol. The monoisotopic (exact) mass is 242 g/mol. The molecule has 1 fully saturated rings. The van der Waals surface area contributed by atoms with Crippen molar-refractivity contribution in [2.45, 2.75) is 31.8 Å². The van der Waals surface area contributed by atoms with Crippen molar-refractivity contribution < 1.29 is 4.74 Å². The van der Waals surface area contributed by atoms with E-state index in [9.17, 15) is 0 Å². The van der Waals surface area contributed by atoms with Crippen LogP contribution in [0.5, 0.6) is 0 Å². The van der Waals surface area contributed by atoms with Gasteiger partial charge in [-0.05, 0) is 31.4 Å². The Labute approximate surface area is 107 Å². The summed E-state index contributed by atoms with van der Waals surface area (Å²) in [7, 11) is 0. The highest BCUT2D eigenvalue weighted by Gasteiger charge is 2.36. The van der Waals surface area contributed by atoms with Crippen molar-refractivity contribution in [3.05, 3.63) is 35.5 Å². The highest BCUT2D eigenvalue weighted by molar-refractivity contribution is 5.85. The Bertz CT molecular complexity index is 589. The highest BCUT2D eigenvalue weighted by Crippen LogP contribution is 2.39. The van der Waals surface area contributed by atoms with Gasteiger partial charge in [-0.3, -0.25) is 4.90 Å². The summed E-state index contributed by atoms with van der Waals surface area (Å²) < 4.78 is 5.61. The number of nitrogens with zero attached hydrogens (tertiary/aromatic N) is 1. The van der Waals surface area contributed by atoms with Crippen LogP contribution >= 0.6 is 0 Å². The van der Waals surface area contributed by atoms with Crippen molar-refractivity contribution in [3.63, 3.8) is 0 Å². The Kier molecular flexibility index (Phi) is 2.26. The minimum atomic E-state index is 0.518. The minimum Gasteiger partial charge on any atom is -0.366 e. The van der Waals surface area contributed by atoms with Crippen LogP contribution in [0, 0.1) is 0 Å². The van der Waals surface area contributed by atoms with Gasteiger partial charge in [0, 0.05) is 22.6 Å². The number of aromatic nitrogens is 1. The van der Waals surface area contributed by atoms with Crippen molar-refractivity contribution in [1.29, 1.82) is 0 Å². The number of hydrogen-bond donors (Lipinski definition) is 1. The van der Waals surface area contributed by atoms with E-state index in [2.05, 4.69) is 41.1 Å². The van der Waals surface area contributed by atoms with Crippen LogP contribution in [-0.4, -0.2) is 29.3 Å². The third kappa shape index (κ3) is 1.38. The Hall–Kier alpha value is -1.32. The summed E-state index contributed by atoms with van der Waals surface area (Å²) in [6, 6.07) is 9.76. The van der Waals surface area contributed by atoms with Gasteiger partial charge in [0.05, 0.1) is 19.4 Å². The molecule has 0 bridgehead atoms. The number of ether oxygens (including phenoxy) is 1. The zero-order valence-electron chi connectivity index (χ0n) is 10.6. The number of rotatable bonds is 0. The lowest BCUT2D eigenvalue weighted by Crippen LogP contribution is -2.46. The zero-order chi connectivity index (χ0) is 12.1. The van der Waals surface area contributed by atoms with Crippen LogP contribution in [0.3, 0.4) is 0 Å². The Morgan fingerprint density at radius 3 is 3.17 bits per heavy atom. The topological polar surface area (TPSA) is 28.3 Å². The summed E-state index contributed by atoms with van der Waals surface area (Å²) in [5, 5.41) is 1.41. The van der Waals surface area contributed by atoms with Gasteiger partial charge >= 0.3 is 0 Å². The van der Waals surface area contributed by atoms with E-state index >= 15 is 0 Å². The summed E-state index contributed by atoms with van der Waals surface area (Å²) in [4.78, 5) is 6.13. The van der Waals surface area contributed by atoms with E-state index in [1.165, 1.54) is 22.2 Å². The average Bonchev–Trinajstić information content (AvgIpc) is 2.78. The van der Waals surface area contributed by atoms with E-state index in [-0.39, 0.29) is 0 Å². The molecule has 1 saturated heterocycles. The van der Waals surface area contributed by atoms with Gasteiger partial charge in [-0.15, -0.1) is 0 Å². The van der Waals surface area contributed by atoms with Crippen molar-refractivity contribution >= 4 is 10.9 Å². The zero-order valence-corrected chi connectivity index (χ0v) is 10.6. The van der Waals surface area contributed by atoms with E-state index in [0.29, 0.717) is 12.1 Å². The molecule has 2 atom stereocenters. The molecule has 3 heterocycles. The number of benzene rings is 1. The molecule has 0 amide bonds. The molecule has 3 heteroatoms. The van der Waals surface area contributed by atoms with Crippen LogP contribution in [-0.2, 0) is 11.2 Å². The second kappa shape index (κ2) is 3.84. The lowest BCUT2D eigenvalue weighted by Gasteiger charge is -2.43. The smallest absolute Gasteiger partial charge is 0.0998 e. The van der Waals surface area contributed by atoms with Gasteiger partial charge in [0.1, 0.15) is 0 Å². The quantitative estimate of drug-likeness (QED) is 0.769. The van der Waals surface area contributed by atoms with E-state index in [1.807, 2.05) is 0 Å². The second-order valence-corrected chi connectivity index (χ2v) is 5.47. The number of fused-ring (bicyclic) bond motifs is 5. The highest BCUT2D eigenvalue weighted by atomic mass is 16.5. The van der Waals surface area contributed by atoms with E-state index in [0.717, 1.165) is 26.2 Å². The van der Waals surface area contributed by atoms with E-state index in [4.69, 9.17) is 4.74 Å². The molecule has 1 aromatic heterocycles. The van der Waals surface area contributed by atoms with Gasteiger partial charge < -0.3 is 9.72 Å². The predicted octanol–water partition coefficient (Wildman–Crippen LogP) is 2.83. The fraction of sp³-hybridized carbons (Fsp3) is 0.467. The number of nitrogens with one attached hydrogen (secondary N) is 1. The van der Waals surface area contributed by atoms with E-state index < -0.39 is 0 Å². The van der Waals surface area contributed by atoms with E-state index in [1.54, 1.807) is 0 Å². The van der Waals surface area contributed by atoms with Crippen molar-refractivity contribution in [2.75, 3.05) is 13.3 Å². The molecule has 94 valence electrons. The largest absolute Gasteiger partial charge is 0.366 e. The van der Waals surface area contributed by atoms with Gasteiger partial charge in [-0.1, -0.05) is 18.2 Å². The van der Waals surface area contributed by atoms with Crippen molar-refractivity contribution in [3.8, 4) is 0 Å². The second-order valence-electron chi connectivity index (χ2n) is 5.47. The molecule has 2 unspecified atom stereocenters. The standard InChI is InChI=1S/C15H18N2O/c1-10-8-12-11-4-2-3-5-13(11)16-15(12)14-6-7-18-9-17(10)14/h2-5,10,14,16H,6-9H2,1H3. The molecule has 1 aromatic carbocycles. The first kappa shape index (κ1) is 10.6. The fourth-order valence-corrected chi connectivity index (χ4v) is 3.50. The maximum Gasteiger partial charge on any atom is 0.0998 e. The van der Waals surface area contributed by atoms with Gasteiger partial charge in [0.25, 0.3) is 0 Å². The van der Waals surface area contributed by atoms with Gasteiger partial charge in [-0.2, -0.15) is 0 Å². The molecule has 2 aliphatic rings. The maximum absolute atomic E-state index is 5.61. The minimum absolute atomic E-state index is 0.518. The number of hydrogen-bond acceptors (Lipinski definition) is 2.